The van der Waals surface area contributed by atoms with Gasteiger partial charge in [-0.25, -0.2) is 4.98 Å². The van der Waals surface area contributed by atoms with Gasteiger partial charge in [0, 0.05) is 5.56 Å². The third-order valence-electron chi connectivity index (χ3n) is 3.47. The third kappa shape index (κ3) is 2.12. The second kappa shape index (κ2) is 4.75. The lowest BCUT2D eigenvalue weighted by atomic mass is 10.1. The second-order valence-electron chi connectivity index (χ2n) is 4.87. The topological polar surface area (TPSA) is 49.6 Å². The molecular formula is C17H13N3. The lowest BCUT2D eigenvalue weighted by molar-refractivity contribution is 1.26. The summed E-state index contributed by atoms with van der Waals surface area (Å²) < 4.78 is 0. The van der Waals surface area contributed by atoms with E-state index in [4.69, 9.17) is 5.26 Å². The smallest absolute Gasteiger partial charge is 0.0991 e. The van der Waals surface area contributed by atoms with Crippen LogP contribution in [0.4, 0.5) is 0 Å². The molecule has 3 heteroatoms. The minimum absolute atomic E-state index is 0.647. The molecule has 0 radical (unpaired) electrons. The summed E-state index contributed by atoms with van der Waals surface area (Å²) >= 11 is 0. The van der Waals surface area contributed by atoms with Gasteiger partial charge in [-0.15, -0.1) is 0 Å². The van der Waals surface area contributed by atoms with Crippen LogP contribution in [0.15, 0.2) is 42.6 Å². The lowest BCUT2D eigenvalue weighted by Gasteiger charge is -2.05. The maximum atomic E-state index is 8.82. The van der Waals surface area contributed by atoms with Gasteiger partial charge < -0.3 is 0 Å². The number of hydrogen-bond acceptors (Lipinski definition) is 3. The molecule has 3 nitrogen and oxygen atoms in total. The maximum Gasteiger partial charge on any atom is 0.0991 e. The molecule has 0 saturated heterocycles. The van der Waals surface area contributed by atoms with Crippen molar-refractivity contribution in [3.63, 3.8) is 0 Å². The molecule has 1 heterocycles. The van der Waals surface area contributed by atoms with E-state index >= 15 is 0 Å². The molecule has 0 fully saturated rings. The van der Waals surface area contributed by atoms with Gasteiger partial charge in [-0.05, 0) is 49.2 Å². The standard InChI is InChI=1S/C17H13N3/c1-11-7-15-16(8-12(11)2)20-17(10-19-15)14-5-3-13(9-18)4-6-14/h3-8,10H,1-2H3. The Morgan fingerprint density at radius 1 is 0.950 bits per heavy atom. The number of fused-ring (bicyclic) bond motifs is 1. The minimum Gasteiger partial charge on any atom is -0.252 e. The molecule has 0 atom stereocenters. The fourth-order valence-electron chi connectivity index (χ4n) is 2.12. The highest BCUT2D eigenvalue weighted by atomic mass is 14.8. The highest BCUT2D eigenvalue weighted by Gasteiger charge is 2.04. The molecule has 0 unspecified atom stereocenters. The van der Waals surface area contributed by atoms with E-state index in [2.05, 4.69) is 42.0 Å². The molecule has 0 aliphatic carbocycles. The summed E-state index contributed by atoms with van der Waals surface area (Å²) in [4.78, 5) is 9.13. The Labute approximate surface area is 117 Å². The Morgan fingerprint density at radius 3 is 2.25 bits per heavy atom. The van der Waals surface area contributed by atoms with E-state index in [9.17, 15) is 0 Å². The first kappa shape index (κ1) is 12.3. The van der Waals surface area contributed by atoms with Crippen molar-refractivity contribution in [1.29, 1.82) is 5.26 Å². The molecule has 0 N–H and O–H groups in total. The number of nitrogens with zero attached hydrogens (tertiary/aromatic N) is 3. The molecule has 20 heavy (non-hydrogen) atoms. The molecule has 0 bridgehead atoms. The normalized spacial score (nSPS) is 10.4. The number of rotatable bonds is 1. The van der Waals surface area contributed by atoms with Crippen LogP contribution < -0.4 is 0 Å². The summed E-state index contributed by atoms with van der Waals surface area (Å²) in [6.07, 6.45) is 1.78. The summed E-state index contributed by atoms with van der Waals surface area (Å²) in [5.41, 5.74) is 6.68. The van der Waals surface area contributed by atoms with Gasteiger partial charge in [-0.3, -0.25) is 4.98 Å². The minimum atomic E-state index is 0.647. The van der Waals surface area contributed by atoms with Gasteiger partial charge in [-0.1, -0.05) is 12.1 Å². The van der Waals surface area contributed by atoms with Gasteiger partial charge in [0.05, 0.1) is 34.6 Å². The van der Waals surface area contributed by atoms with Crippen LogP contribution in [0.5, 0.6) is 0 Å². The first-order valence-electron chi connectivity index (χ1n) is 6.42. The van der Waals surface area contributed by atoms with Crippen molar-refractivity contribution >= 4 is 11.0 Å². The predicted octanol–water partition coefficient (Wildman–Crippen LogP) is 3.79. The van der Waals surface area contributed by atoms with Crippen LogP contribution in [0.25, 0.3) is 22.3 Å². The number of benzene rings is 2. The Kier molecular flexibility index (Phi) is 2.92. The van der Waals surface area contributed by atoms with Crippen LogP contribution in [0, 0.1) is 25.2 Å². The molecule has 0 saturated carbocycles. The van der Waals surface area contributed by atoms with Crippen molar-refractivity contribution in [3.8, 4) is 17.3 Å². The van der Waals surface area contributed by atoms with Gasteiger partial charge in [0.25, 0.3) is 0 Å². The molecule has 0 aliphatic heterocycles. The van der Waals surface area contributed by atoms with E-state index in [1.807, 2.05) is 12.1 Å². The molecule has 0 amide bonds. The van der Waals surface area contributed by atoms with Crippen molar-refractivity contribution in [1.82, 2.24) is 9.97 Å². The first-order valence-corrected chi connectivity index (χ1v) is 6.42. The molecule has 3 rings (SSSR count). The Balaban J connectivity index is 2.12. The quantitative estimate of drug-likeness (QED) is 0.668. The van der Waals surface area contributed by atoms with Crippen LogP contribution in [0.1, 0.15) is 16.7 Å². The second-order valence-corrected chi connectivity index (χ2v) is 4.87. The van der Waals surface area contributed by atoms with Crippen LogP contribution in [0.2, 0.25) is 0 Å². The maximum absolute atomic E-state index is 8.82. The van der Waals surface area contributed by atoms with Gasteiger partial charge in [0.1, 0.15) is 0 Å². The zero-order valence-corrected chi connectivity index (χ0v) is 11.4. The number of nitriles is 1. The SMILES string of the molecule is Cc1cc2ncc(-c3ccc(C#N)cc3)nc2cc1C. The van der Waals surface area contributed by atoms with Crippen LogP contribution in [-0.2, 0) is 0 Å². The van der Waals surface area contributed by atoms with Gasteiger partial charge in [0.2, 0.25) is 0 Å². The molecule has 2 aromatic carbocycles. The summed E-state index contributed by atoms with van der Waals surface area (Å²) in [6, 6.07) is 13.6. The molecule has 1 aromatic heterocycles. The highest BCUT2D eigenvalue weighted by Crippen LogP contribution is 2.21. The van der Waals surface area contributed by atoms with Crippen LogP contribution in [0.3, 0.4) is 0 Å². The van der Waals surface area contributed by atoms with Crippen molar-refractivity contribution in [2.24, 2.45) is 0 Å². The first-order chi connectivity index (χ1) is 9.67. The highest BCUT2D eigenvalue weighted by molar-refractivity contribution is 5.78. The Morgan fingerprint density at radius 2 is 1.60 bits per heavy atom. The zero-order chi connectivity index (χ0) is 14.1. The van der Waals surface area contributed by atoms with Crippen molar-refractivity contribution in [2.45, 2.75) is 13.8 Å². The van der Waals surface area contributed by atoms with Gasteiger partial charge in [0.15, 0.2) is 0 Å². The van der Waals surface area contributed by atoms with Crippen LogP contribution >= 0.6 is 0 Å². The van der Waals surface area contributed by atoms with E-state index < -0.39 is 0 Å². The van der Waals surface area contributed by atoms with E-state index in [1.54, 1.807) is 18.3 Å². The monoisotopic (exact) mass is 259 g/mol. The molecule has 0 spiro atoms. The fourth-order valence-corrected chi connectivity index (χ4v) is 2.12. The average molecular weight is 259 g/mol. The van der Waals surface area contributed by atoms with E-state index in [0.717, 1.165) is 22.3 Å². The predicted molar refractivity (Wildman–Crippen MR) is 79.2 cm³/mol. The number of aryl methyl sites for hydroxylation is 2. The van der Waals surface area contributed by atoms with Crippen LogP contribution in [-0.4, -0.2) is 9.97 Å². The summed E-state index contributed by atoms with van der Waals surface area (Å²) in [6.45, 7) is 4.15. The van der Waals surface area contributed by atoms with Gasteiger partial charge >= 0.3 is 0 Å². The molecule has 96 valence electrons. The Bertz CT molecular complexity index is 827. The molecule has 3 aromatic rings. The third-order valence-corrected chi connectivity index (χ3v) is 3.47. The lowest BCUT2D eigenvalue weighted by Crippen LogP contribution is -1.91. The van der Waals surface area contributed by atoms with Crippen molar-refractivity contribution in [3.05, 3.63) is 59.3 Å². The summed E-state index contributed by atoms with van der Waals surface area (Å²) in [5, 5.41) is 8.82. The average Bonchev–Trinajstić information content (AvgIpc) is 2.48. The summed E-state index contributed by atoms with van der Waals surface area (Å²) in [7, 11) is 0. The van der Waals surface area contributed by atoms with E-state index in [0.29, 0.717) is 5.56 Å². The molecule has 0 aliphatic rings. The van der Waals surface area contributed by atoms with Crippen molar-refractivity contribution < 1.29 is 0 Å². The van der Waals surface area contributed by atoms with E-state index in [1.165, 1.54) is 11.1 Å². The number of aromatic nitrogens is 2. The molecular weight excluding hydrogens is 246 g/mol. The zero-order valence-electron chi connectivity index (χ0n) is 11.4. The van der Waals surface area contributed by atoms with E-state index in [-0.39, 0.29) is 0 Å². The summed E-state index contributed by atoms with van der Waals surface area (Å²) in [5.74, 6) is 0. The Hall–Kier alpha value is -2.73. The van der Waals surface area contributed by atoms with Gasteiger partial charge in [-0.2, -0.15) is 5.26 Å². The fraction of sp³-hybridized carbons (Fsp3) is 0.118. The van der Waals surface area contributed by atoms with Crippen molar-refractivity contribution in [2.75, 3.05) is 0 Å². The largest absolute Gasteiger partial charge is 0.252 e. The number of hydrogen-bond donors (Lipinski definition) is 0.